The van der Waals surface area contributed by atoms with Crippen molar-refractivity contribution in [3.63, 3.8) is 0 Å². The molecule has 0 aliphatic carbocycles. The summed E-state index contributed by atoms with van der Waals surface area (Å²) in [6.45, 7) is 6.50. The summed E-state index contributed by atoms with van der Waals surface area (Å²) in [6.07, 6.45) is 1.95. The third-order valence-electron chi connectivity index (χ3n) is 3.16. The molecule has 24 heavy (non-hydrogen) atoms. The largest absolute Gasteiger partial charge is 0.342 e. The van der Waals surface area contributed by atoms with Crippen LogP contribution in [0.4, 0.5) is 5.69 Å². The van der Waals surface area contributed by atoms with Gasteiger partial charge in [-0.15, -0.1) is 23.1 Å². The number of thiazole rings is 1. The number of nitrogens with one attached hydrogen (secondary N) is 2. The van der Waals surface area contributed by atoms with Crippen molar-refractivity contribution in [1.29, 1.82) is 0 Å². The second-order valence-electron chi connectivity index (χ2n) is 6.26. The lowest BCUT2D eigenvalue weighted by molar-refractivity contribution is -0.136. The Morgan fingerprint density at radius 3 is 2.62 bits per heavy atom. The minimum absolute atomic E-state index is 0.0212. The third-order valence-corrected chi connectivity index (χ3v) is 5.20. The smallest absolute Gasteiger partial charge is 0.313 e. The predicted molar refractivity (Wildman–Crippen MR) is 99.5 cm³/mol. The molecule has 2 rings (SSSR count). The van der Waals surface area contributed by atoms with Crippen molar-refractivity contribution in [2.45, 2.75) is 37.6 Å². The highest BCUT2D eigenvalue weighted by Gasteiger charge is 2.19. The predicted octanol–water partition coefficient (Wildman–Crippen LogP) is 3.42. The number of rotatable bonds is 4. The van der Waals surface area contributed by atoms with Crippen molar-refractivity contribution < 1.29 is 9.59 Å². The van der Waals surface area contributed by atoms with Crippen LogP contribution in [0.2, 0.25) is 0 Å². The topological polar surface area (TPSA) is 71.1 Å². The fourth-order valence-electron chi connectivity index (χ4n) is 1.87. The second-order valence-corrected chi connectivity index (χ2v) is 8.00. The molecule has 1 heterocycles. The highest BCUT2D eigenvalue weighted by molar-refractivity contribution is 7.98. The van der Waals surface area contributed by atoms with Crippen LogP contribution in [0, 0.1) is 0 Å². The number of aromatic nitrogens is 1. The molecule has 0 spiro atoms. The van der Waals surface area contributed by atoms with Gasteiger partial charge >= 0.3 is 11.8 Å². The molecule has 0 aliphatic heterocycles. The van der Waals surface area contributed by atoms with Crippen LogP contribution in [0.25, 0.3) is 0 Å². The van der Waals surface area contributed by atoms with Crippen LogP contribution in [0.3, 0.4) is 0 Å². The zero-order valence-corrected chi connectivity index (χ0v) is 15.8. The van der Waals surface area contributed by atoms with Gasteiger partial charge in [-0.25, -0.2) is 4.98 Å². The van der Waals surface area contributed by atoms with E-state index in [0.29, 0.717) is 5.69 Å². The lowest BCUT2D eigenvalue weighted by atomic mass is 9.98. The van der Waals surface area contributed by atoms with Crippen LogP contribution < -0.4 is 10.6 Å². The molecule has 7 heteroatoms. The minimum Gasteiger partial charge on any atom is -0.342 e. The van der Waals surface area contributed by atoms with Gasteiger partial charge in [0.25, 0.3) is 0 Å². The van der Waals surface area contributed by atoms with Crippen LogP contribution in [-0.2, 0) is 21.5 Å². The van der Waals surface area contributed by atoms with Gasteiger partial charge in [0.2, 0.25) is 0 Å². The quantitative estimate of drug-likeness (QED) is 0.645. The minimum atomic E-state index is -0.681. The first-order chi connectivity index (χ1) is 11.3. The van der Waals surface area contributed by atoms with Gasteiger partial charge in [0, 0.05) is 21.4 Å². The first-order valence-electron chi connectivity index (χ1n) is 7.47. The van der Waals surface area contributed by atoms with Crippen molar-refractivity contribution in [1.82, 2.24) is 10.3 Å². The number of hydrogen-bond donors (Lipinski definition) is 2. The Kier molecular flexibility index (Phi) is 6.01. The van der Waals surface area contributed by atoms with Crippen LogP contribution in [0.5, 0.6) is 0 Å². The molecule has 0 saturated heterocycles. The number of anilines is 1. The Hall–Kier alpha value is -1.86. The average Bonchev–Trinajstić information content (AvgIpc) is 3.02. The van der Waals surface area contributed by atoms with Crippen molar-refractivity contribution in [3.8, 4) is 0 Å². The van der Waals surface area contributed by atoms with Gasteiger partial charge in [0.15, 0.2) is 0 Å². The van der Waals surface area contributed by atoms with Crippen LogP contribution >= 0.6 is 23.1 Å². The maximum atomic E-state index is 12.0. The molecule has 0 bridgehead atoms. The number of hydrogen-bond acceptors (Lipinski definition) is 5. The van der Waals surface area contributed by atoms with Crippen LogP contribution in [-0.4, -0.2) is 23.1 Å². The van der Waals surface area contributed by atoms with E-state index < -0.39 is 11.8 Å². The van der Waals surface area contributed by atoms with E-state index >= 15 is 0 Å². The summed E-state index contributed by atoms with van der Waals surface area (Å²) >= 11 is 3.13. The monoisotopic (exact) mass is 363 g/mol. The first-order valence-corrected chi connectivity index (χ1v) is 9.58. The lowest BCUT2D eigenvalue weighted by Crippen LogP contribution is -2.35. The van der Waals surface area contributed by atoms with E-state index in [0.717, 1.165) is 15.6 Å². The molecule has 5 nitrogen and oxygen atoms in total. The van der Waals surface area contributed by atoms with E-state index in [9.17, 15) is 9.59 Å². The number of carbonyl (C=O) groups is 2. The van der Waals surface area contributed by atoms with Crippen molar-refractivity contribution in [3.05, 3.63) is 40.3 Å². The zero-order valence-electron chi connectivity index (χ0n) is 14.2. The summed E-state index contributed by atoms with van der Waals surface area (Å²) in [6, 6.07) is 7.35. The van der Waals surface area contributed by atoms with Gasteiger partial charge in [-0.1, -0.05) is 26.8 Å². The van der Waals surface area contributed by atoms with E-state index in [1.54, 1.807) is 29.2 Å². The number of thioether (sulfide) groups is 1. The van der Waals surface area contributed by atoms with Crippen LogP contribution in [0.15, 0.2) is 34.5 Å². The fourth-order valence-corrected chi connectivity index (χ4v) is 3.24. The molecule has 1 aromatic carbocycles. The van der Waals surface area contributed by atoms with Gasteiger partial charge in [-0.2, -0.15) is 0 Å². The standard InChI is InChI=1S/C17H21N3O2S2/c1-17(2,3)16-20-12(10-24-16)9-18-14(21)15(22)19-11-6-5-7-13(8-11)23-4/h5-8,10H,9H2,1-4H3,(H,18,21)(H,19,22). The third kappa shape index (κ3) is 5.07. The summed E-state index contributed by atoms with van der Waals surface area (Å²) in [5, 5.41) is 8.11. The van der Waals surface area contributed by atoms with Gasteiger partial charge in [0.1, 0.15) is 0 Å². The Balaban J connectivity index is 1.90. The SMILES string of the molecule is CSc1cccc(NC(=O)C(=O)NCc2csc(C(C)(C)C)n2)c1. The summed E-state index contributed by atoms with van der Waals surface area (Å²) in [5.74, 6) is -1.35. The summed E-state index contributed by atoms with van der Waals surface area (Å²) < 4.78 is 0. The molecule has 128 valence electrons. The second kappa shape index (κ2) is 7.81. The molecule has 1 aromatic heterocycles. The summed E-state index contributed by atoms with van der Waals surface area (Å²) in [5.41, 5.74) is 1.34. The van der Waals surface area contributed by atoms with E-state index in [-0.39, 0.29) is 12.0 Å². The van der Waals surface area contributed by atoms with Crippen molar-refractivity contribution in [2.24, 2.45) is 0 Å². The highest BCUT2D eigenvalue weighted by Crippen LogP contribution is 2.25. The normalized spacial score (nSPS) is 11.2. The van der Waals surface area contributed by atoms with Crippen LogP contribution in [0.1, 0.15) is 31.5 Å². The maximum absolute atomic E-state index is 12.0. The average molecular weight is 364 g/mol. The Morgan fingerprint density at radius 2 is 2.00 bits per heavy atom. The molecule has 0 fully saturated rings. The first kappa shape index (κ1) is 18.5. The number of benzene rings is 1. The van der Waals surface area contributed by atoms with E-state index in [2.05, 4.69) is 36.4 Å². The maximum Gasteiger partial charge on any atom is 0.313 e. The molecule has 0 aliphatic rings. The molecule has 0 radical (unpaired) electrons. The number of nitrogens with zero attached hydrogens (tertiary/aromatic N) is 1. The summed E-state index contributed by atoms with van der Waals surface area (Å²) in [7, 11) is 0. The molecular weight excluding hydrogens is 342 g/mol. The van der Waals surface area contributed by atoms with Crippen molar-refractivity contribution >= 4 is 40.6 Å². The van der Waals surface area contributed by atoms with E-state index in [4.69, 9.17) is 0 Å². The Bertz CT molecular complexity index is 735. The van der Waals surface area contributed by atoms with Crippen molar-refractivity contribution in [2.75, 3.05) is 11.6 Å². The molecule has 2 aromatic rings. The lowest BCUT2D eigenvalue weighted by Gasteiger charge is -2.13. The molecule has 2 N–H and O–H groups in total. The van der Waals surface area contributed by atoms with Gasteiger partial charge in [0.05, 0.1) is 17.2 Å². The zero-order chi connectivity index (χ0) is 17.7. The van der Waals surface area contributed by atoms with Gasteiger partial charge < -0.3 is 10.6 Å². The Morgan fingerprint density at radius 1 is 1.25 bits per heavy atom. The summed E-state index contributed by atoms with van der Waals surface area (Å²) in [4.78, 5) is 29.4. The van der Waals surface area contributed by atoms with Gasteiger partial charge in [-0.05, 0) is 24.5 Å². The van der Waals surface area contributed by atoms with E-state index in [1.807, 2.05) is 29.8 Å². The molecule has 2 amide bonds. The highest BCUT2D eigenvalue weighted by atomic mass is 32.2. The fraction of sp³-hybridized carbons (Fsp3) is 0.353. The Labute approximate surface area is 150 Å². The molecule has 0 unspecified atom stereocenters. The number of amides is 2. The van der Waals surface area contributed by atoms with Gasteiger partial charge in [-0.3, -0.25) is 9.59 Å². The van der Waals surface area contributed by atoms with E-state index in [1.165, 1.54) is 0 Å². The molecule has 0 saturated carbocycles. The molecular formula is C17H21N3O2S2. The molecule has 0 atom stereocenters. The number of carbonyl (C=O) groups excluding carboxylic acids is 2.